The van der Waals surface area contributed by atoms with Crippen LogP contribution in [-0.4, -0.2) is 5.71 Å². The Kier molecular flexibility index (Phi) is 6.09. The van der Waals surface area contributed by atoms with Crippen molar-refractivity contribution >= 4 is 5.71 Å². The predicted molar refractivity (Wildman–Crippen MR) is 69.0 cm³/mol. The normalized spacial score (nSPS) is 10.9. The van der Waals surface area contributed by atoms with E-state index in [1.807, 2.05) is 13.8 Å². The Morgan fingerprint density at radius 3 is 2.11 bits per heavy atom. The van der Waals surface area contributed by atoms with E-state index < -0.39 is 23.2 Å². The van der Waals surface area contributed by atoms with Crippen LogP contribution in [-0.2, 0) is 5.92 Å². The lowest BCUT2D eigenvalue weighted by Crippen LogP contribution is -2.23. The van der Waals surface area contributed by atoms with Gasteiger partial charge in [0.05, 0.1) is 5.56 Å². The van der Waals surface area contributed by atoms with E-state index >= 15 is 0 Å². The van der Waals surface area contributed by atoms with Crippen molar-refractivity contribution in [1.29, 1.82) is 5.41 Å². The molecule has 0 unspecified atom stereocenters. The summed E-state index contributed by atoms with van der Waals surface area (Å²) in [6.07, 6.45) is 0. The standard InChI is InChI=1S/C12H14F3N.C2H6/c1-7(2)12(14,15)10-6-4-5-9(8(3)16)11(10)13;1-2/h4-7,16H,1-3H3;1-2H3. The molecule has 1 N–H and O–H groups in total. The lowest BCUT2D eigenvalue weighted by Gasteiger charge is -2.22. The Morgan fingerprint density at radius 1 is 1.22 bits per heavy atom. The van der Waals surface area contributed by atoms with Gasteiger partial charge < -0.3 is 5.41 Å². The summed E-state index contributed by atoms with van der Waals surface area (Å²) in [7, 11) is 0. The molecular formula is C14H20F3N. The maximum atomic E-state index is 13.8. The molecule has 0 radical (unpaired) electrons. The first-order chi connectivity index (χ1) is 8.28. The van der Waals surface area contributed by atoms with Crippen molar-refractivity contribution < 1.29 is 13.2 Å². The molecule has 0 aromatic heterocycles. The van der Waals surface area contributed by atoms with E-state index in [-0.39, 0.29) is 11.3 Å². The highest BCUT2D eigenvalue weighted by Crippen LogP contribution is 2.37. The minimum absolute atomic E-state index is 0.0566. The van der Waals surface area contributed by atoms with Gasteiger partial charge in [0, 0.05) is 17.2 Å². The maximum Gasteiger partial charge on any atom is 0.278 e. The third-order valence-electron chi connectivity index (χ3n) is 2.49. The third kappa shape index (κ3) is 3.34. The molecule has 0 saturated heterocycles. The van der Waals surface area contributed by atoms with Gasteiger partial charge in [-0.15, -0.1) is 0 Å². The molecule has 1 aromatic carbocycles. The number of hydrogen-bond acceptors (Lipinski definition) is 1. The van der Waals surface area contributed by atoms with Gasteiger partial charge in [0.2, 0.25) is 0 Å². The van der Waals surface area contributed by atoms with Crippen LogP contribution < -0.4 is 0 Å². The first kappa shape index (κ1) is 16.7. The number of hydrogen-bond donors (Lipinski definition) is 1. The summed E-state index contributed by atoms with van der Waals surface area (Å²) in [6.45, 7) is 8.04. The molecular weight excluding hydrogens is 239 g/mol. The zero-order valence-corrected chi connectivity index (χ0v) is 11.4. The van der Waals surface area contributed by atoms with Crippen molar-refractivity contribution in [1.82, 2.24) is 0 Å². The van der Waals surface area contributed by atoms with Crippen molar-refractivity contribution in [2.75, 3.05) is 0 Å². The number of benzene rings is 1. The average molecular weight is 259 g/mol. The predicted octanol–water partition coefficient (Wildman–Crippen LogP) is 4.99. The Balaban J connectivity index is 0.00000137. The third-order valence-corrected chi connectivity index (χ3v) is 2.49. The van der Waals surface area contributed by atoms with Crippen LogP contribution in [0.2, 0.25) is 0 Å². The summed E-state index contributed by atoms with van der Waals surface area (Å²) < 4.78 is 41.1. The Bertz CT molecular complexity index is 412. The van der Waals surface area contributed by atoms with E-state index in [2.05, 4.69) is 0 Å². The molecule has 0 aliphatic carbocycles. The van der Waals surface area contributed by atoms with Crippen molar-refractivity contribution in [2.45, 2.75) is 40.5 Å². The molecule has 1 aromatic rings. The molecule has 0 bridgehead atoms. The molecule has 4 heteroatoms. The van der Waals surface area contributed by atoms with Crippen molar-refractivity contribution in [3.63, 3.8) is 0 Å². The van der Waals surface area contributed by atoms with Crippen LogP contribution >= 0.6 is 0 Å². The summed E-state index contributed by atoms with van der Waals surface area (Å²) >= 11 is 0. The number of halogens is 3. The fraction of sp³-hybridized carbons (Fsp3) is 0.500. The number of alkyl halides is 2. The monoisotopic (exact) mass is 259 g/mol. The molecule has 0 atom stereocenters. The highest BCUT2D eigenvalue weighted by Gasteiger charge is 2.38. The quantitative estimate of drug-likeness (QED) is 0.740. The highest BCUT2D eigenvalue weighted by molar-refractivity contribution is 5.96. The number of nitrogens with one attached hydrogen (secondary N) is 1. The largest absolute Gasteiger partial charge is 0.305 e. The summed E-state index contributed by atoms with van der Waals surface area (Å²) in [6, 6.07) is 3.75. The van der Waals surface area contributed by atoms with Crippen LogP contribution in [0.15, 0.2) is 18.2 Å². The van der Waals surface area contributed by atoms with Crippen LogP contribution in [0.25, 0.3) is 0 Å². The van der Waals surface area contributed by atoms with Crippen molar-refractivity contribution in [2.24, 2.45) is 5.92 Å². The molecule has 18 heavy (non-hydrogen) atoms. The van der Waals surface area contributed by atoms with E-state index in [9.17, 15) is 13.2 Å². The maximum absolute atomic E-state index is 13.8. The second kappa shape index (κ2) is 6.57. The first-order valence-corrected chi connectivity index (χ1v) is 6.00. The molecule has 1 nitrogen and oxygen atoms in total. The van der Waals surface area contributed by atoms with E-state index in [0.29, 0.717) is 0 Å². The number of rotatable bonds is 3. The van der Waals surface area contributed by atoms with Gasteiger partial charge in [-0.05, 0) is 6.92 Å². The van der Waals surface area contributed by atoms with Crippen LogP contribution in [0.4, 0.5) is 13.2 Å². The molecule has 0 spiro atoms. The summed E-state index contributed by atoms with van der Waals surface area (Å²) in [5, 5.41) is 7.30. The summed E-state index contributed by atoms with van der Waals surface area (Å²) in [5.74, 6) is -5.19. The molecule has 102 valence electrons. The van der Waals surface area contributed by atoms with Gasteiger partial charge in [-0.2, -0.15) is 0 Å². The zero-order valence-electron chi connectivity index (χ0n) is 11.4. The Labute approximate surface area is 107 Å². The second-order valence-corrected chi connectivity index (χ2v) is 4.07. The van der Waals surface area contributed by atoms with Gasteiger partial charge in [-0.3, -0.25) is 0 Å². The van der Waals surface area contributed by atoms with Crippen LogP contribution in [0, 0.1) is 17.1 Å². The fourth-order valence-corrected chi connectivity index (χ4v) is 1.39. The van der Waals surface area contributed by atoms with Crippen LogP contribution in [0.3, 0.4) is 0 Å². The average Bonchev–Trinajstić information content (AvgIpc) is 2.31. The van der Waals surface area contributed by atoms with Crippen LogP contribution in [0.1, 0.15) is 45.7 Å². The Morgan fingerprint density at radius 2 is 1.72 bits per heavy atom. The zero-order chi connectivity index (χ0) is 14.5. The smallest absolute Gasteiger partial charge is 0.278 e. The topological polar surface area (TPSA) is 23.9 Å². The molecule has 1 rings (SSSR count). The van der Waals surface area contributed by atoms with E-state index in [1.165, 1.54) is 32.9 Å². The van der Waals surface area contributed by atoms with Crippen molar-refractivity contribution in [3.8, 4) is 0 Å². The Hall–Kier alpha value is -1.32. The second-order valence-electron chi connectivity index (χ2n) is 4.07. The van der Waals surface area contributed by atoms with E-state index in [4.69, 9.17) is 5.41 Å². The summed E-state index contributed by atoms with van der Waals surface area (Å²) in [4.78, 5) is 0. The minimum atomic E-state index is -3.21. The molecule has 0 fully saturated rings. The highest BCUT2D eigenvalue weighted by atomic mass is 19.3. The van der Waals surface area contributed by atoms with Crippen molar-refractivity contribution in [3.05, 3.63) is 35.1 Å². The van der Waals surface area contributed by atoms with E-state index in [0.717, 1.165) is 6.07 Å². The van der Waals surface area contributed by atoms with E-state index in [1.54, 1.807) is 0 Å². The molecule has 0 heterocycles. The summed E-state index contributed by atoms with van der Waals surface area (Å²) in [5.41, 5.74) is -0.761. The van der Waals surface area contributed by atoms with Gasteiger partial charge in [0.25, 0.3) is 5.92 Å². The SMILES string of the molecule is CC.CC(=N)c1cccc(C(F)(F)C(C)C)c1F. The lowest BCUT2D eigenvalue weighted by atomic mass is 9.94. The van der Waals surface area contributed by atoms with Gasteiger partial charge in [-0.25, -0.2) is 13.2 Å². The first-order valence-electron chi connectivity index (χ1n) is 6.00. The molecule has 0 amide bonds. The molecule has 0 saturated carbocycles. The van der Waals surface area contributed by atoms with Gasteiger partial charge in [0.15, 0.2) is 0 Å². The minimum Gasteiger partial charge on any atom is -0.305 e. The van der Waals surface area contributed by atoms with Gasteiger partial charge in [-0.1, -0.05) is 45.9 Å². The molecule has 0 aliphatic heterocycles. The van der Waals surface area contributed by atoms with Gasteiger partial charge >= 0.3 is 0 Å². The lowest BCUT2D eigenvalue weighted by molar-refractivity contribution is -0.0543. The van der Waals surface area contributed by atoms with Gasteiger partial charge in [0.1, 0.15) is 5.82 Å². The van der Waals surface area contributed by atoms with Crippen LogP contribution in [0.5, 0.6) is 0 Å². The fourth-order valence-electron chi connectivity index (χ4n) is 1.39. The molecule has 0 aliphatic rings.